The van der Waals surface area contributed by atoms with Crippen molar-refractivity contribution in [3.05, 3.63) is 65.6 Å². The molecule has 0 saturated carbocycles. The first-order valence-electron chi connectivity index (χ1n) is 8.62. The lowest BCUT2D eigenvalue weighted by molar-refractivity contribution is -0.141. The summed E-state index contributed by atoms with van der Waals surface area (Å²) in [6.07, 6.45) is -3.52. The van der Waals surface area contributed by atoms with Crippen molar-refractivity contribution < 1.29 is 26.6 Å². The Kier molecular flexibility index (Phi) is 4.68. The summed E-state index contributed by atoms with van der Waals surface area (Å²) in [7, 11) is 1.39. The van der Waals surface area contributed by atoms with Crippen LogP contribution in [0.1, 0.15) is 11.4 Å². The van der Waals surface area contributed by atoms with Crippen LogP contribution in [0.25, 0.3) is 28.0 Å². The Bertz CT molecular complexity index is 1250. The van der Waals surface area contributed by atoms with E-state index < -0.39 is 23.5 Å². The van der Waals surface area contributed by atoms with Gasteiger partial charge in [0.15, 0.2) is 11.5 Å². The highest BCUT2D eigenvalue weighted by Gasteiger charge is 2.32. The Balaban J connectivity index is 1.93. The molecule has 5 nitrogen and oxygen atoms in total. The highest BCUT2D eigenvalue weighted by atomic mass is 19.4. The fraction of sp³-hybridized carbons (Fsp3) is 0.105. The van der Waals surface area contributed by atoms with E-state index >= 15 is 0 Å². The molecule has 0 amide bonds. The molecule has 4 rings (SSSR count). The molecule has 4 aromatic rings. The van der Waals surface area contributed by atoms with E-state index in [0.717, 1.165) is 24.4 Å². The number of rotatable bonds is 3. The Hall–Kier alpha value is -3.50. The third kappa shape index (κ3) is 3.36. The van der Waals surface area contributed by atoms with Crippen LogP contribution in [0, 0.1) is 18.6 Å². The number of pyridine rings is 1. The van der Waals surface area contributed by atoms with Gasteiger partial charge in [0.1, 0.15) is 17.3 Å². The molecule has 0 spiro atoms. The molecule has 11 heteroatoms. The molecule has 0 aliphatic heterocycles. The summed E-state index contributed by atoms with van der Waals surface area (Å²) >= 11 is 0. The third-order valence-corrected chi connectivity index (χ3v) is 4.49. The van der Waals surface area contributed by atoms with Gasteiger partial charge in [0.25, 0.3) is 0 Å². The molecule has 0 saturated heterocycles. The van der Waals surface area contributed by atoms with E-state index in [1.807, 2.05) is 0 Å². The summed E-state index contributed by atoms with van der Waals surface area (Å²) in [5.74, 6) is -1.30. The van der Waals surface area contributed by atoms with Crippen molar-refractivity contribution in [2.24, 2.45) is 0 Å². The number of halogens is 5. The van der Waals surface area contributed by atoms with Gasteiger partial charge in [-0.15, -0.1) is 0 Å². The number of nitrogens with zero attached hydrogens (tertiary/aromatic N) is 4. The molecule has 0 radical (unpaired) electrons. The minimum absolute atomic E-state index is 0.0844. The quantitative estimate of drug-likeness (QED) is 0.373. The number of aromatic nitrogens is 4. The van der Waals surface area contributed by atoms with Crippen LogP contribution in [0.15, 0.2) is 42.6 Å². The van der Waals surface area contributed by atoms with E-state index in [4.69, 9.17) is 4.65 Å². The molecule has 1 aromatic carbocycles. The lowest BCUT2D eigenvalue weighted by Crippen LogP contribution is -2.07. The second-order valence-corrected chi connectivity index (χ2v) is 6.43. The molecule has 0 unspecified atom stereocenters. The van der Waals surface area contributed by atoms with E-state index in [-0.39, 0.29) is 22.8 Å². The van der Waals surface area contributed by atoms with Crippen LogP contribution in [0.2, 0.25) is 0 Å². The standard InChI is InChI=1S/C19H12BF5N4O/c1-9-17(12-4-3-11(21)6-13(12)22)18-27-14(7-16(30-20)29(18)28-9)10-2-5-15(26-8-10)19(23,24)25/h2-8H,20H2,1H3. The van der Waals surface area contributed by atoms with Crippen molar-refractivity contribution in [3.8, 4) is 28.3 Å². The third-order valence-electron chi connectivity index (χ3n) is 4.49. The lowest BCUT2D eigenvalue weighted by atomic mass is 10.1. The number of hydrogen-bond donors (Lipinski definition) is 0. The second-order valence-electron chi connectivity index (χ2n) is 6.43. The van der Waals surface area contributed by atoms with Crippen molar-refractivity contribution in [1.29, 1.82) is 0 Å². The Morgan fingerprint density at radius 1 is 1.07 bits per heavy atom. The van der Waals surface area contributed by atoms with Crippen LogP contribution in [-0.4, -0.2) is 27.6 Å². The van der Waals surface area contributed by atoms with Crippen LogP contribution in [0.3, 0.4) is 0 Å². The van der Waals surface area contributed by atoms with Crippen LogP contribution in [0.4, 0.5) is 22.0 Å². The van der Waals surface area contributed by atoms with Gasteiger partial charge in [-0.25, -0.2) is 13.8 Å². The van der Waals surface area contributed by atoms with Crippen LogP contribution in [-0.2, 0) is 6.18 Å². The molecule has 0 atom stereocenters. The van der Waals surface area contributed by atoms with Gasteiger partial charge in [-0.3, -0.25) is 4.98 Å². The summed E-state index contributed by atoms with van der Waals surface area (Å²) in [6, 6.07) is 6.69. The molecule has 0 fully saturated rings. The van der Waals surface area contributed by atoms with Crippen molar-refractivity contribution in [2.45, 2.75) is 13.1 Å². The first-order chi connectivity index (χ1) is 14.2. The predicted octanol–water partition coefficient (Wildman–Crippen LogP) is 3.99. The number of aryl methyl sites for hydroxylation is 1. The number of benzene rings is 1. The summed E-state index contributed by atoms with van der Waals surface area (Å²) in [5.41, 5.74) is 0.529. The molecule has 3 heterocycles. The van der Waals surface area contributed by atoms with Crippen LogP contribution >= 0.6 is 0 Å². The number of hydrogen-bond acceptors (Lipinski definition) is 4. The minimum Gasteiger partial charge on any atom is -0.555 e. The fourth-order valence-electron chi connectivity index (χ4n) is 3.11. The van der Waals surface area contributed by atoms with Gasteiger partial charge in [-0.2, -0.15) is 22.8 Å². The number of alkyl halides is 3. The van der Waals surface area contributed by atoms with Gasteiger partial charge in [-0.05, 0) is 31.2 Å². The van der Waals surface area contributed by atoms with Gasteiger partial charge < -0.3 is 4.65 Å². The SMILES string of the molecule is BOc1cc(-c2ccc(C(F)(F)F)nc2)nc2c(-c3ccc(F)cc3F)c(C)nn12. The van der Waals surface area contributed by atoms with Gasteiger partial charge in [-0.1, -0.05) is 0 Å². The summed E-state index contributed by atoms with van der Waals surface area (Å²) in [6.45, 7) is 1.63. The maximum Gasteiger partial charge on any atom is 0.433 e. The zero-order valence-corrected chi connectivity index (χ0v) is 15.6. The normalized spacial score (nSPS) is 11.8. The van der Waals surface area contributed by atoms with E-state index in [9.17, 15) is 22.0 Å². The van der Waals surface area contributed by atoms with Crippen LogP contribution < -0.4 is 4.65 Å². The zero-order chi connectivity index (χ0) is 21.6. The Labute approximate surface area is 167 Å². The molecule has 0 bridgehead atoms. The summed E-state index contributed by atoms with van der Waals surface area (Å²) < 4.78 is 72.8. The monoisotopic (exact) mass is 418 g/mol. The predicted molar refractivity (Wildman–Crippen MR) is 100 cm³/mol. The van der Waals surface area contributed by atoms with Gasteiger partial charge >= 0.3 is 14.2 Å². The summed E-state index contributed by atoms with van der Waals surface area (Å²) in [5, 5.41) is 4.31. The van der Waals surface area contributed by atoms with Crippen molar-refractivity contribution in [1.82, 2.24) is 19.6 Å². The molecule has 0 N–H and O–H groups in total. The van der Waals surface area contributed by atoms with E-state index in [1.165, 1.54) is 30.8 Å². The molecule has 0 aliphatic carbocycles. The maximum absolute atomic E-state index is 14.4. The topological polar surface area (TPSA) is 52.3 Å². The largest absolute Gasteiger partial charge is 0.555 e. The average molecular weight is 418 g/mol. The van der Waals surface area contributed by atoms with E-state index in [0.29, 0.717) is 16.8 Å². The highest BCUT2D eigenvalue weighted by Crippen LogP contribution is 2.34. The Morgan fingerprint density at radius 2 is 1.83 bits per heavy atom. The van der Waals surface area contributed by atoms with E-state index in [2.05, 4.69) is 15.1 Å². The van der Waals surface area contributed by atoms with Gasteiger partial charge in [0.2, 0.25) is 0 Å². The zero-order valence-electron chi connectivity index (χ0n) is 15.6. The van der Waals surface area contributed by atoms with E-state index in [1.54, 1.807) is 6.92 Å². The lowest BCUT2D eigenvalue weighted by Gasteiger charge is -2.10. The first-order valence-corrected chi connectivity index (χ1v) is 8.62. The molecule has 0 aliphatic rings. The molecule has 30 heavy (non-hydrogen) atoms. The molecular weight excluding hydrogens is 406 g/mol. The average Bonchev–Trinajstić information content (AvgIpc) is 3.02. The smallest absolute Gasteiger partial charge is 0.433 e. The fourth-order valence-corrected chi connectivity index (χ4v) is 3.11. The summed E-state index contributed by atoms with van der Waals surface area (Å²) in [4.78, 5) is 7.89. The minimum atomic E-state index is -4.57. The molecule has 152 valence electrons. The van der Waals surface area contributed by atoms with Crippen molar-refractivity contribution in [2.75, 3.05) is 0 Å². The second kappa shape index (κ2) is 7.08. The first kappa shape index (κ1) is 19.8. The highest BCUT2D eigenvalue weighted by molar-refractivity contribution is 6.00. The van der Waals surface area contributed by atoms with Crippen LogP contribution in [0.5, 0.6) is 5.88 Å². The Morgan fingerprint density at radius 3 is 2.43 bits per heavy atom. The van der Waals surface area contributed by atoms with Gasteiger partial charge in [0, 0.05) is 29.5 Å². The van der Waals surface area contributed by atoms with Crippen molar-refractivity contribution >= 4 is 13.7 Å². The van der Waals surface area contributed by atoms with Gasteiger partial charge in [0.05, 0.1) is 17.0 Å². The number of fused-ring (bicyclic) bond motifs is 1. The maximum atomic E-state index is 14.4. The molecular formula is C19H12BF5N4O. The molecule has 3 aromatic heterocycles. The van der Waals surface area contributed by atoms with Crippen molar-refractivity contribution in [3.63, 3.8) is 0 Å².